The second-order valence-electron chi connectivity index (χ2n) is 6.09. The smallest absolute Gasteiger partial charge is 0.123 e. The molecule has 3 nitrogen and oxygen atoms in total. The summed E-state index contributed by atoms with van der Waals surface area (Å²) in [4.78, 5) is 2.52. The summed E-state index contributed by atoms with van der Waals surface area (Å²) >= 11 is 0. The number of nitrogens with one attached hydrogen (secondary N) is 1. The van der Waals surface area contributed by atoms with Gasteiger partial charge in [-0.2, -0.15) is 0 Å². The molecule has 3 heterocycles. The predicted molar refractivity (Wildman–Crippen MR) is 70.8 cm³/mol. The fourth-order valence-corrected chi connectivity index (χ4v) is 3.78. The van der Waals surface area contributed by atoms with Crippen LogP contribution in [-0.4, -0.2) is 43.7 Å². The van der Waals surface area contributed by atoms with Crippen molar-refractivity contribution in [2.75, 3.05) is 32.7 Å². The van der Waals surface area contributed by atoms with E-state index < -0.39 is 0 Å². The van der Waals surface area contributed by atoms with Crippen molar-refractivity contribution in [3.8, 4) is 5.75 Å². The van der Waals surface area contributed by atoms with Gasteiger partial charge in [0.2, 0.25) is 0 Å². The topological polar surface area (TPSA) is 24.5 Å². The number of halogens is 1. The molecule has 0 spiro atoms. The van der Waals surface area contributed by atoms with Crippen LogP contribution in [-0.2, 0) is 6.42 Å². The van der Waals surface area contributed by atoms with Crippen LogP contribution in [0.5, 0.6) is 5.75 Å². The second kappa shape index (κ2) is 4.46. The first-order chi connectivity index (χ1) is 9.28. The van der Waals surface area contributed by atoms with Gasteiger partial charge in [0.1, 0.15) is 17.7 Å². The first kappa shape index (κ1) is 11.7. The first-order valence-corrected chi connectivity index (χ1v) is 7.16. The zero-order valence-corrected chi connectivity index (χ0v) is 10.9. The predicted octanol–water partition coefficient (Wildman–Crippen LogP) is 1.28. The molecule has 3 atom stereocenters. The van der Waals surface area contributed by atoms with Gasteiger partial charge in [-0.3, -0.25) is 4.90 Å². The van der Waals surface area contributed by atoms with Gasteiger partial charge in [-0.1, -0.05) is 0 Å². The maximum atomic E-state index is 13.2. The summed E-state index contributed by atoms with van der Waals surface area (Å²) in [5.41, 5.74) is 1.02. The minimum Gasteiger partial charge on any atom is -0.488 e. The molecule has 19 heavy (non-hydrogen) atoms. The Bertz CT molecular complexity index is 481. The largest absolute Gasteiger partial charge is 0.488 e. The van der Waals surface area contributed by atoms with Gasteiger partial charge in [0.05, 0.1) is 0 Å². The van der Waals surface area contributed by atoms with Crippen molar-refractivity contribution in [3.05, 3.63) is 29.6 Å². The standard InChI is InChI=1S/C15H19FN2O/c16-13-1-2-15-10(3-13)4-14(19-15)9-18-7-11-5-17-6-12(11)8-18/h1-3,11-12,14,17H,4-9H2/t11-,12+,14?. The zero-order chi connectivity index (χ0) is 12.8. The number of ether oxygens (including phenoxy) is 1. The molecule has 3 aliphatic heterocycles. The molecule has 2 fully saturated rings. The van der Waals surface area contributed by atoms with Gasteiger partial charge >= 0.3 is 0 Å². The van der Waals surface area contributed by atoms with Crippen LogP contribution < -0.4 is 10.1 Å². The van der Waals surface area contributed by atoms with Crippen molar-refractivity contribution in [2.24, 2.45) is 11.8 Å². The van der Waals surface area contributed by atoms with Crippen LogP contribution in [0, 0.1) is 17.7 Å². The van der Waals surface area contributed by atoms with E-state index in [4.69, 9.17) is 4.74 Å². The number of nitrogens with zero attached hydrogens (tertiary/aromatic N) is 1. The maximum absolute atomic E-state index is 13.2. The van der Waals surface area contributed by atoms with E-state index in [1.165, 1.54) is 19.2 Å². The van der Waals surface area contributed by atoms with E-state index >= 15 is 0 Å². The monoisotopic (exact) mass is 262 g/mol. The molecule has 102 valence electrons. The molecule has 0 amide bonds. The van der Waals surface area contributed by atoms with Gasteiger partial charge in [0, 0.05) is 31.6 Å². The molecule has 0 bridgehead atoms. The van der Waals surface area contributed by atoms with Crippen molar-refractivity contribution in [1.29, 1.82) is 0 Å². The van der Waals surface area contributed by atoms with Crippen molar-refractivity contribution in [3.63, 3.8) is 0 Å². The molecule has 1 unspecified atom stereocenters. The van der Waals surface area contributed by atoms with Gasteiger partial charge in [0.25, 0.3) is 0 Å². The van der Waals surface area contributed by atoms with Gasteiger partial charge in [-0.25, -0.2) is 4.39 Å². The Morgan fingerprint density at radius 2 is 2.05 bits per heavy atom. The summed E-state index contributed by atoms with van der Waals surface area (Å²) in [5, 5.41) is 3.46. The van der Waals surface area contributed by atoms with Crippen LogP contribution in [0.15, 0.2) is 18.2 Å². The van der Waals surface area contributed by atoms with Crippen LogP contribution >= 0.6 is 0 Å². The van der Waals surface area contributed by atoms with E-state index in [9.17, 15) is 4.39 Å². The number of hydrogen-bond acceptors (Lipinski definition) is 3. The summed E-state index contributed by atoms with van der Waals surface area (Å²) in [7, 11) is 0. The average molecular weight is 262 g/mol. The van der Waals surface area contributed by atoms with Crippen molar-refractivity contribution in [1.82, 2.24) is 10.2 Å². The van der Waals surface area contributed by atoms with Crippen LogP contribution in [0.1, 0.15) is 5.56 Å². The Balaban J connectivity index is 1.38. The lowest BCUT2D eigenvalue weighted by molar-refractivity contribution is 0.162. The number of fused-ring (bicyclic) bond motifs is 2. The Hall–Kier alpha value is -1.13. The number of rotatable bonds is 2. The second-order valence-corrected chi connectivity index (χ2v) is 6.09. The summed E-state index contributed by atoms with van der Waals surface area (Å²) in [6.45, 7) is 5.67. The lowest BCUT2D eigenvalue weighted by Crippen LogP contribution is -2.35. The molecule has 0 radical (unpaired) electrons. The SMILES string of the molecule is Fc1ccc2c(c1)CC(CN1C[C@H]3CNC[C@H]3C1)O2. The van der Waals surface area contributed by atoms with Crippen LogP contribution in [0.25, 0.3) is 0 Å². The van der Waals surface area contributed by atoms with E-state index in [0.29, 0.717) is 0 Å². The molecule has 3 aliphatic rings. The third kappa shape index (κ3) is 2.13. The van der Waals surface area contributed by atoms with Crippen LogP contribution in [0.3, 0.4) is 0 Å². The maximum Gasteiger partial charge on any atom is 0.123 e. The number of hydrogen-bond donors (Lipinski definition) is 1. The summed E-state index contributed by atoms with van der Waals surface area (Å²) < 4.78 is 19.1. The highest BCUT2D eigenvalue weighted by atomic mass is 19.1. The number of likely N-dealkylation sites (tertiary alicyclic amines) is 1. The molecule has 1 N–H and O–H groups in total. The Morgan fingerprint density at radius 1 is 1.26 bits per heavy atom. The lowest BCUT2D eigenvalue weighted by Gasteiger charge is -2.21. The summed E-state index contributed by atoms with van der Waals surface area (Å²) in [6.07, 6.45) is 1.04. The molecule has 2 saturated heterocycles. The normalized spacial score (nSPS) is 33.2. The molecule has 4 rings (SSSR count). The summed E-state index contributed by atoms with van der Waals surface area (Å²) in [6, 6.07) is 4.85. The van der Waals surface area contributed by atoms with E-state index in [-0.39, 0.29) is 11.9 Å². The van der Waals surface area contributed by atoms with E-state index in [1.807, 2.05) is 0 Å². The first-order valence-electron chi connectivity index (χ1n) is 7.16. The van der Waals surface area contributed by atoms with Crippen LogP contribution in [0.2, 0.25) is 0 Å². The molecular weight excluding hydrogens is 243 g/mol. The number of benzene rings is 1. The van der Waals surface area contributed by atoms with E-state index in [0.717, 1.165) is 49.2 Å². The minimum atomic E-state index is -0.162. The zero-order valence-electron chi connectivity index (χ0n) is 10.9. The third-order valence-corrected chi connectivity index (χ3v) is 4.69. The Morgan fingerprint density at radius 3 is 2.84 bits per heavy atom. The minimum absolute atomic E-state index is 0.162. The molecule has 0 aliphatic carbocycles. The molecule has 4 heteroatoms. The van der Waals surface area contributed by atoms with Crippen molar-refractivity contribution >= 4 is 0 Å². The molecule has 1 aromatic rings. The highest BCUT2D eigenvalue weighted by Crippen LogP contribution is 2.31. The molecular formula is C15H19FN2O. The van der Waals surface area contributed by atoms with Crippen molar-refractivity contribution < 1.29 is 9.13 Å². The average Bonchev–Trinajstić information content (AvgIpc) is 3.01. The Kier molecular flexibility index (Phi) is 2.74. The summed E-state index contributed by atoms with van der Waals surface area (Å²) in [5.74, 6) is 2.35. The van der Waals surface area contributed by atoms with Gasteiger partial charge in [0.15, 0.2) is 0 Å². The molecule has 0 aromatic heterocycles. The van der Waals surface area contributed by atoms with Gasteiger partial charge in [-0.05, 0) is 43.1 Å². The quantitative estimate of drug-likeness (QED) is 0.869. The van der Waals surface area contributed by atoms with Gasteiger partial charge in [-0.15, -0.1) is 0 Å². The van der Waals surface area contributed by atoms with E-state index in [1.54, 1.807) is 12.1 Å². The highest BCUT2D eigenvalue weighted by molar-refractivity contribution is 5.37. The van der Waals surface area contributed by atoms with Gasteiger partial charge < -0.3 is 10.1 Å². The van der Waals surface area contributed by atoms with Crippen molar-refractivity contribution in [2.45, 2.75) is 12.5 Å². The third-order valence-electron chi connectivity index (χ3n) is 4.69. The highest BCUT2D eigenvalue weighted by Gasteiger charge is 2.37. The fourth-order valence-electron chi connectivity index (χ4n) is 3.78. The Labute approximate surface area is 112 Å². The fraction of sp³-hybridized carbons (Fsp3) is 0.600. The lowest BCUT2D eigenvalue weighted by atomic mass is 10.0. The molecule has 0 saturated carbocycles. The van der Waals surface area contributed by atoms with Crippen LogP contribution in [0.4, 0.5) is 4.39 Å². The van der Waals surface area contributed by atoms with E-state index in [2.05, 4.69) is 10.2 Å². The molecule has 1 aromatic carbocycles.